The van der Waals surface area contributed by atoms with Gasteiger partial charge in [-0.1, -0.05) is 30.4 Å². The number of hydrogen-bond donors (Lipinski definition) is 0. The molecule has 1 aromatic carbocycles. The van der Waals surface area contributed by atoms with E-state index < -0.39 is 0 Å². The van der Waals surface area contributed by atoms with Crippen LogP contribution >= 0.6 is 0 Å². The summed E-state index contributed by atoms with van der Waals surface area (Å²) in [7, 11) is 1.71. The van der Waals surface area contributed by atoms with Crippen LogP contribution in [0, 0.1) is 5.92 Å². The van der Waals surface area contributed by atoms with Crippen LogP contribution in [0.5, 0.6) is 5.75 Å². The molecular weight excluding hydrogens is 324 g/mol. The predicted octanol–water partition coefficient (Wildman–Crippen LogP) is 3.82. The van der Waals surface area contributed by atoms with E-state index in [2.05, 4.69) is 28.0 Å². The standard InChI is InChI=1S/C22H32N2O2/c1-26-21-9-3-2-7-20(21)8-6-14-23-17-12-19(13-18-23)10-11-22(25)24-15-4-5-16-24/h2-3,6-9,19H,4-5,10-18H2,1H3. The van der Waals surface area contributed by atoms with E-state index in [9.17, 15) is 4.79 Å². The Hall–Kier alpha value is -1.81. The Bertz CT molecular complexity index is 600. The summed E-state index contributed by atoms with van der Waals surface area (Å²) in [6.07, 6.45) is 11.0. The number of rotatable bonds is 7. The van der Waals surface area contributed by atoms with E-state index in [1.54, 1.807) is 7.11 Å². The SMILES string of the molecule is COc1ccccc1C=CCN1CCC(CCC(=O)N2CCCC2)CC1. The molecule has 26 heavy (non-hydrogen) atoms. The van der Waals surface area contributed by atoms with Crippen LogP contribution in [0.15, 0.2) is 30.3 Å². The first-order chi connectivity index (χ1) is 12.8. The van der Waals surface area contributed by atoms with Gasteiger partial charge in [0.05, 0.1) is 7.11 Å². The Morgan fingerprint density at radius 3 is 2.62 bits per heavy atom. The lowest BCUT2D eigenvalue weighted by molar-refractivity contribution is -0.130. The second-order valence-corrected chi connectivity index (χ2v) is 7.51. The highest BCUT2D eigenvalue weighted by Gasteiger charge is 2.22. The first-order valence-corrected chi connectivity index (χ1v) is 10.1. The van der Waals surface area contributed by atoms with Crippen molar-refractivity contribution in [2.75, 3.05) is 39.8 Å². The van der Waals surface area contributed by atoms with E-state index in [1.165, 1.54) is 25.7 Å². The van der Waals surface area contributed by atoms with Gasteiger partial charge in [0.25, 0.3) is 0 Å². The number of carbonyl (C=O) groups excluding carboxylic acids is 1. The van der Waals surface area contributed by atoms with Crippen molar-refractivity contribution in [3.63, 3.8) is 0 Å². The highest BCUT2D eigenvalue weighted by atomic mass is 16.5. The molecule has 4 nitrogen and oxygen atoms in total. The van der Waals surface area contributed by atoms with Gasteiger partial charge in [0.2, 0.25) is 5.91 Å². The molecule has 0 aromatic heterocycles. The van der Waals surface area contributed by atoms with Crippen molar-refractivity contribution in [2.24, 2.45) is 5.92 Å². The predicted molar refractivity (Wildman–Crippen MR) is 106 cm³/mol. The number of nitrogens with zero attached hydrogens (tertiary/aromatic N) is 2. The van der Waals surface area contributed by atoms with Crippen LogP contribution in [-0.2, 0) is 4.79 Å². The van der Waals surface area contributed by atoms with Crippen molar-refractivity contribution in [2.45, 2.75) is 38.5 Å². The first-order valence-electron chi connectivity index (χ1n) is 10.1. The van der Waals surface area contributed by atoms with Crippen LogP contribution < -0.4 is 4.74 Å². The maximum Gasteiger partial charge on any atom is 0.222 e. The van der Waals surface area contributed by atoms with Crippen LogP contribution in [0.3, 0.4) is 0 Å². The average molecular weight is 357 g/mol. The van der Waals surface area contributed by atoms with Crippen molar-refractivity contribution in [3.8, 4) is 5.75 Å². The number of piperidine rings is 1. The highest BCUT2D eigenvalue weighted by Crippen LogP contribution is 2.23. The number of ether oxygens (including phenoxy) is 1. The lowest BCUT2D eigenvalue weighted by Gasteiger charge is -2.31. The van der Waals surface area contributed by atoms with Gasteiger partial charge in [-0.25, -0.2) is 0 Å². The lowest BCUT2D eigenvalue weighted by atomic mass is 9.92. The van der Waals surface area contributed by atoms with Crippen molar-refractivity contribution in [1.82, 2.24) is 9.80 Å². The number of likely N-dealkylation sites (tertiary alicyclic amines) is 2. The fourth-order valence-corrected chi connectivity index (χ4v) is 4.04. The normalized spacial score (nSPS) is 19.3. The van der Waals surface area contributed by atoms with Crippen LogP contribution in [0.4, 0.5) is 0 Å². The van der Waals surface area contributed by atoms with Gasteiger partial charge >= 0.3 is 0 Å². The fourth-order valence-electron chi connectivity index (χ4n) is 4.04. The smallest absolute Gasteiger partial charge is 0.222 e. The van der Waals surface area contributed by atoms with Gasteiger partial charge in [-0.15, -0.1) is 0 Å². The molecule has 0 saturated carbocycles. The van der Waals surface area contributed by atoms with E-state index in [4.69, 9.17) is 4.74 Å². The fraction of sp³-hybridized carbons (Fsp3) is 0.591. The molecular formula is C22H32N2O2. The topological polar surface area (TPSA) is 32.8 Å². The van der Waals surface area contributed by atoms with Gasteiger partial charge in [-0.3, -0.25) is 9.69 Å². The van der Waals surface area contributed by atoms with E-state index in [0.717, 1.165) is 62.8 Å². The van der Waals surface area contributed by atoms with Gasteiger partial charge < -0.3 is 9.64 Å². The molecule has 3 rings (SSSR count). The number of hydrogen-bond acceptors (Lipinski definition) is 3. The minimum atomic E-state index is 0.379. The quantitative estimate of drug-likeness (QED) is 0.744. The molecule has 1 amide bonds. The summed E-state index contributed by atoms with van der Waals surface area (Å²) in [5, 5.41) is 0. The van der Waals surface area contributed by atoms with Gasteiger partial charge in [-0.05, 0) is 57.2 Å². The summed E-state index contributed by atoms with van der Waals surface area (Å²) in [6.45, 7) is 5.22. The van der Waals surface area contributed by atoms with Crippen molar-refractivity contribution >= 4 is 12.0 Å². The maximum absolute atomic E-state index is 12.2. The summed E-state index contributed by atoms with van der Waals surface area (Å²) in [6, 6.07) is 8.11. The Balaban J connectivity index is 1.36. The zero-order valence-electron chi connectivity index (χ0n) is 16.0. The maximum atomic E-state index is 12.2. The molecule has 2 aliphatic rings. The Kier molecular flexibility index (Phi) is 7.13. The van der Waals surface area contributed by atoms with Gasteiger partial charge in [0.15, 0.2) is 0 Å². The third-order valence-corrected chi connectivity index (χ3v) is 5.73. The second kappa shape index (κ2) is 9.77. The number of benzene rings is 1. The van der Waals surface area contributed by atoms with E-state index in [1.807, 2.05) is 18.2 Å². The third-order valence-electron chi connectivity index (χ3n) is 5.73. The van der Waals surface area contributed by atoms with Crippen LogP contribution in [-0.4, -0.2) is 55.5 Å². The number of carbonyl (C=O) groups is 1. The largest absolute Gasteiger partial charge is 0.496 e. The molecule has 1 aromatic rings. The number of methoxy groups -OCH3 is 1. The van der Waals surface area contributed by atoms with Gasteiger partial charge in [-0.2, -0.15) is 0 Å². The molecule has 0 atom stereocenters. The lowest BCUT2D eigenvalue weighted by Crippen LogP contribution is -2.34. The highest BCUT2D eigenvalue weighted by molar-refractivity contribution is 5.76. The summed E-state index contributed by atoms with van der Waals surface area (Å²) < 4.78 is 5.39. The molecule has 0 unspecified atom stereocenters. The molecule has 2 aliphatic heterocycles. The minimum Gasteiger partial charge on any atom is -0.496 e. The summed E-state index contributed by atoms with van der Waals surface area (Å²) in [5.74, 6) is 2.02. The molecule has 2 fully saturated rings. The summed E-state index contributed by atoms with van der Waals surface area (Å²) in [4.78, 5) is 16.7. The molecule has 0 aliphatic carbocycles. The van der Waals surface area contributed by atoms with E-state index in [0.29, 0.717) is 5.91 Å². The summed E-state index contributed by atoms with van der Waals surface area (Å²) in [5.41, 5.74) is 1.13. The van der Waals surface area contributed by atoms with Crippen LogP contribution in [0.25, 0.3) is 6.08 Å². The second-order valence-electron chi connectivity index (χ2n) is 7.51. The number of para-hydroxylation sites is 1. The van der Waals surface area contributed by atoms with Gasteiger partial charge in [0, 0.05) is 31.6 Å². The molecule has 0 bridgehead atoms. The van der Waals surface area contributed by atoms with E-state index in [-0.39, 0.29) is 0 Å². The average Bonchev–Trinajstić information content (AvgIpc) is 3.22. The molecule has 4 heteroatoms. The third kappa shape index (κ3) is 5.34. The molecule has 142 valence electrons. The van der Waals surface area contributed by atoms with Gasteiger partial charge in [0.1, 0.15) is 5.75 Å². The first kappa shape index (κ1) is 19.0. The van der Waals surface area contributed by atoms with Crippen LogP contribution in [0.1, 0.15) is 44.1 Å². The molecule has 0 spiro atoms. The zero-order valence-corrected chi connectivity index (χ0v) is 16.0. The molecule has 2 saturated heterocycles. The Labute approximate surface area is 157 Å². The van der Waals surface area contributed by atoms with E-state index >= 15 is 0 Å². The van der Waals surface area contributed by atoms with Crippen molar-refractivity contribution in [1.29, 1.82) is 0 Å². The molecule has 0 radical (unpaired) electrons. The zero-order chi connectivity index (χ0) is 18.2. The Morgan fingerprint density at radius 1 is 1.15 bits per heavy atom. The monoisotopic (exact) mass is 356 g/mol. The number of amides is 1. The Morgan fingerprint density at radius 2 is 1.88 bits per heavy atom. The molecule has 2 heterocycles. The minimum absolute atomic E-state index is 0.379. The molecule has 0 N–H and O–H groups in total. The summed E-state index contributed by atoms with van der Waals surface area (Å²) >= 11 is 0. The van der Waals surface area contributed by atoms with Crippen LogP contribution in [0.2, 0.25) is 0 Å². The van der Waals surface area contributed by atoms with Crippen molar-refractivity contribution in [3.05, 3.63) is 35.9 Å². The van der Waals surface area contributed by atoms with Crippen molar-refractivity contribution < 1.29 is 9.53 Å².